The van der Waals surface area contributed by atoms with E-state index in [4.69, 9.17) is 4.74 Å². The van der Waals surface area contributed by atoms with Gasteiger partial charge in [0.15, 0.2) is 0 Å². The lowest BCUT2D eigenvalue weighted by Crippen LogP contribution is -2.37. The summed E-state index contributed by atoms with van der Waals surface area (Å²) < 4.78 is 6.85. The van der Waals surface area contributed by atoms with Crippen molar-refractivity contribution in [3.63, 3.8) is 0 Å². The maximum atomic E-state index is 13.0. The van der Waals surface area contributed by atoms with Gasteiger partial charge in [0.05, 0.1) is 12.5 Å². The van der Waals surface area contributed by atoms with Crippen LogP contribution in [0.5, 0.6) is 5.88 Å². The highest BCUT2D eigenvalue weighted by atomic mass is 79.9. The molecule has 6 nitrogen and oxygen atoms in total. The summed E-state index contributed by atoms with van der Waals surface area (Å²) in [7, 11) is 0. The monoisotopic (exact) mass is 443 g/mol. The van der Waals surface area contributed by atoms with Crippen LogP contribution in [0.15, 0.2) is 46.9 Å². The smallest absolute Gasteiger partial charge is 0.228 e. The molecule has 3 heterocycles. The number of carbonyl (C=O) groups is 2. The van der Waals surface area contributed by atoms with E-state index in [1.807, 2.05) is 54.3 Å². The first-order valence-electron chi connectivity index (χ1n) is 9.44. The zero-order chi connectivity index (χ0) is 19.7. The largest absolute Gasteiger partial charge is 0.472 e. The zero-order valence-corrected chi connectivity index (χ0v) is 17.3. The van der Waals surface area contributed by atoms with Gasteiger partial charge in [-0.25, -0.2) is 4.98 Å². The highest BCUT2D eigenvalue weighted by Gasteiger charge is 2.39. The number of amides is 2. The molecule has 2 fully saturated rings. The minimum atomic E-state index is -0.303. The molecule has 0 bridgehead atoms. The van der Waals surface area contributed by atoms with E-state index in [1.165, 1.54) is 0 Å². The topological polar surface area (TPSA) is 62.7 Å². The molecule has 4 rings (SSSR count). The number of aromatic nitrogens is 1. The Morgan fingerprint density at radius 3 is 2.82 bits per heavy atom. The van der Waals surface area contributed by atoms with Gasteiger partial charge in [-0.05, 0) is 31.2 Å². The van der Waals surface area contributed by atoms with Crippen LogP contribution >= 0.6 is 15.9 Å². The molecule has 0 saturated carbocycles. The number of hydrogen-bond donors (Lipinski definition) is 0. The Morgan fingerprint density at radius 2 is 2.04 bits per heavy atom. The number of rotatable bonds is 4. The molecule has 0 spiro atoms. The van der Waals surface area contributed by atoms with E-state index < -0.39 is 0 Å². The quantitative estimate of drug-likeness (QED) is 0.727. The summed E-state index contributed by atoms with van der Waals surface area (Å²) in [5, 5.41) is 0. The maximum absolute atomic E-state index is 13.0. The predicted molar refractivity (Wildman–Crippen MR) is 109 cm³/mol. The molecule has 2 amide bonds. The molecular formula is C21H22BrN3O3. The molecular weight excluding hydrogens is 422 g/mol. The summed E-state index contributed by atoms with van der Waals surface area (Å²) >= 11 is 3.43. The molecule has 1 aromatic carbocycles. The van der Waals surface area contributed by atoms with Crippen LogP contribution in [0.2, 0.25) is 0 Å². The number of carbonyl (C=O) groups excluding carboxylic acids is 2. The lowest BCUT2D eigenvalue weighted by Gasteiger charge is -2.21. The normalized spacial score (nSPS) is 22.0. The van der Waals surface area contributed by atoms with Crippen molar-refractivity contribution in [3.8, 4) is 5.88 Å². The summed E-state index contributed by atoms with van der Waals surface area (Å²) in [4.78, 5) is 33.3. The van der Waals surface area contributed by atoms with Crippen LogP contribution in [0.1, 0.15) is 18.5 Å². The number of aryl methyl sites for hydroxylation is 1. The maximum Gasteiger partial charge on any atom is 0.228 e. The minimum Gasteiger partial charge on any atom is -0.472 e. The van der Waals surface area contributed by atoms with Gasteiger partial charge >= 0.3 is 0 Å². The SMILES string of the molecule is Cc1cccc(OC2CCN(C(=O)C3CC(=O)N(c4cccc(Br)c4)C3)C2)n1. The predicted octanol–water partition coefficient (Wildman–Crippen LogP) is 3.19. The summed E-state index contributed by atoms with van der Waals surface area (Å²) in [5.74, 6) is 0.319. The third-order valence-corrected chi connectivity index (χ3v) is 5.69. The van der Waals surface area contributed by atoms with Gasteiger partial charge in [-0.1, -0.05) is 28.1 Å². The number of likely N-dealkylation sites (tertiary alicyclic amines) is 1. The van der Waals surface area contributed by atoms with Crippen molar-refractivity contribution in [2.75, 3.05) is 24.5 Å². The molecule has 2 aromatic rings. The third kappa shape index (κ3) is 4.04. The Labute approximate surface area is 172 Å². The third-order valence-electron chi connectivity index (χ3n) is 5.20. The number of hydrogen-bond acceptors (Lipinski definition) is 4. The van der Waals surface area contributed by atoms with Gasteiger partial charge in [-0.2, -0.15) is 0 Å². The lowest BCUT2D eigenvalue weighted by atomic mass is 10.1. The van der Waals surface area contributed by atoms with E-state index >= 15 is 0 Å². The lowest BCUT2D eigenvalue weighted by molar-refractivity contribution is -0.135. The molecule has 2 aliphatic heterocycles. The minimum absolute atomic E-state index is 0.00703. The second kappa shape index (κ2) is 7.91. The van der Waals surface area contributed by atoms with Crippen molar-refractivity contribution in [1.82, 2.24) is 9.88 Å². The van der Waals surface area contributed by atoms with Crippen LogP contribution < -0.4 is 9.64 Å². The Morgan fingerprint density at radius 1 is 1.21 bits per heavy atom. The van der Waals surface area contributed by atoms with E-state index in [1.54, 1.807) is 4.90 Å². The average molecular weight is 444 g/mol. The summed E-state index contributed by atoms with van der Waals surface area (Å²) in [6, 6.07) is 13.3. The fourth-order valence-corrected chi connectivity index (χ4v) is 4.19. The molecule has 2 atom stereocenters. The molecule has 0 aliphatic carbocycles. The molecule has 0 radical (unpaired) electrons. The number of halogens is 1. The van der Waals surface area contributed by atoms with Gasteiger partial charge in [0, 0.05) is 47.9 Å². The van der Waals surface area contributed by atoms with Crippen molar-refractivity contribution in [2.45, 2.75) is 25.9 Å². The first kappa shape index (κ1) is 18.9. The number of anilines is 1. The second-order valence-corrected chi connectivity index (χ2v) is 8.23. The average Bonchev–Trinajstić information content (AvgIpc) is 3.28. The van der Waals surface area contributed by atoms with Crippen LogP contribution in [0.3, 0.4) is 0 Å². The van der Waals surface area contributed by atoms with Crippen LogP contribution in [-0.4, -0.2) is 47.4 Å². The van der Waals surface area contributed by atoms with Crippen molar-refractivity contribution in [1.29, 1.82) is 0 Å². The number of ether oxygens (including phenoxy) is 1. The van der Waals surface area contributed by atoms with Gasteiger partial charge in [0.1, 0.15) is 6.10 Å². The molecule has 146 valence electrons. The van der Waals surface area contributed by atoms with E-state index in [0.717, 1.165) is 22.3 Å². The van der Waals surface area contributed by atoms with Gasteiger partial charge in [-0.3, -0.25) is 9.59 Å². The summed E-state index contributed by atoms with van der Waals surface area (Å²) in [6.45, 7) is 3.54. The van der Waals surface area contributed by atoms with Crippen LogP contribution in [0.4, 0.5) is 5.69 Å². The van der Waals surface area contributed by atoms with Crippen molar-refractivity contribution in [2.24, 2.45) is 5.92 Å². The second-order valence-electron chi connectivity index (χ2n) is 7.32. The standard InChI is InChI=1S/C21H22BrN3O3/c1-14-4-2-7-19(23-14)28-18-8-9-24(13-18)21(27)15-10-20(26)25(12-15)17-6-3-5-16(22)11-17/h2-7,11,15,18H,8-10,12-13H2,1H3. The number of nitrogens with zero attached hydrogens (tertiary/aromatic N) is 3. The molecule has 2 saturated heterocycles. The van der Waals surface area contributed by atoms with Gasteiger partial charge < -0.3 is 14.5 Å². The summed E-state index contributed by atoms with van der Waals surface area (Å²) in [5.41, 5.74) is 1.73. The van der Waals surface area contributed by atoms with E-state index in [2.05, 4.69) is 20.9 Å². The molecule has 2 unspecified atom stereocenters. The van der Waals surface area contributed by atoms with Gasteiger partial charge in [0.2, 0.25) is 17.7 Å². The van der Waals surface area contributed by atoms with E-state index in [0.29, 0.717) is 25.5 Å². The van der Waals surface area contributed by atoms with Gasteiger partial charge in [-0.15, -0.1) is 0 Å². The van der Waals surface area contributed by atoms with Crippen LogP contribution in [0.25, 0.3) is 0 Å². The zero-order valence-electron chi connectivity index (χ0n) is 15.7. The Kier molecular flexibility index (Phi) is 5.35. The van der Waals surface area contributed by atoms with Crippen molar-refractivity contribution >= 4 is 33.4 Å². The first-order chi connectivity index (χ1) is 13.5. The van der Waals surface area contributed by atoms with Crippen molar-refractivity contribution < 1.29 is 14.3 Å². The molecule has 0 N–H and O–H groups in total. The molecule has 28 heavy (non-hydrogen) atoms. The van der Waals surface area contributed by atoms with E-state index in [-0.39, 0.29) is 30.3 Å². The highest BCUT2D eigenvalue weighted by molar-refractivity contribution is 9.10. The number of benzene rings is 1. The van der Waals surface area contributed by atoms with E-state index in [9.17, 15) is 9.59 Å². The number of pyridine rings is 1. The fourth-order valence-electron chi connectivity index (χ4n) is 3.80. The highest BCUT2D eigenvalue weighted by Crippen LogP contribution is 2.29. The van der Waals surface area contributed by atoms with Gasteiger partial charge in [0.25, 0.3) is 0 Å². The molecule has 2 aliphatic rings. The summed E-state index contributed by atoms with van der Waals surface area (Å²) in [6.07, 6.45) is 0.973. The Bertz CT molecular complexity index is 904. The van der Waals surface area contributed by atoms with Crippen molar-refractivity contribution in [3.05, 3.63) is 52.6 Å². The molecule has 1 aromatic heterocycles. The first-order valence-corrected chi connectivity index (χ1v) is 10.2. The van der Waals surface area contributed by atoms with Crippen LogP contribution in [-0.2, 0) is 9.59 Å². The fraction of sp³-hybridized carbons (Fsp3) is 0.381. The molecule has 7 heteroatoms. The Hall–Kier alpha value is -2.41. The Balaban J connectivity index is 1.37. The van der Waals surface area contributed by atoms with Crippen LogP contribution in [0, 0.1) is 12.8 Å².